The van der Waals surface area contributed by atoms with Gasteiger partial charge in [-0.15, -0.1) is 0 Å². The van der Waals surface area contributed by atoms with E-state index in [0.29, 0.717) is 11.8 Å². The van der Waals surface area contributed by atoms with E-state index in [1.165, 1.54) is 5.56 Å². The highest BCUT2D eigenvalue weighted by Crippen LogP contribution is 2.20. The molecule has 0 saturated heterocycles. The Morgan fingerprint density at radius 3 is 2.82 bits per heavy atom. The minimum absolute atomic E-state index is 0.393. The van der Waals surface area contributed by atoms with Gasteiger partial charge >= 0.3 is 0 Å². The topological polar surface area (TPSA) is 75.9 Å². The van der Waals surface area contributed by atoms with Crippen LogP contribution in [0.15, 0.2) is 36.5 Å². The van der Waals surface area contributed by atoms with E-state index in [1.54, 1.807) is 12.3 Å². The van der Waals surface area contributed by atoms with Gasteiger partial charge in [0.25, 0.3) is 0 Å². The lowest BCUT2D eigenvalue weighted by Crippen LogP contribution is -2.11. The van der Waals surface area contributed by atoms with Gasteiger partial charge in [-0.3, -0.25) is 5.43 Å². The molecule has 0 aliphatic rings. The summed E-state index contributed by atoms with van der Waals surface area (Å²) in [7, 11) is 0. The van der Waals surface area contributed by atoms with Crippen molar-refractivity contribution in [3.63, 3.8) is 0 Å². The van der Waals surface area contributed by atoms with Crippen LogP contribution in [0.3, 0.4) is 0 Å². The van der Waals surface area contributed by atoms with Crippen molar-refractivity contribution >= 4 is 17.5 Å². The van der Waals surface area contributed by atoms with Crippen LogP contribution in [0.4, 0.5) is 17.5 Å². The number of hydrogen-bond acceptors (Lipinski definition) is 5. The van der Waals surface area contributed by atoms with E-state index in [9.17, 15) is 0 Å². The Hall–Kier alpha value is -2.14. The van der Waals surface area contributed by atoms with Crippen LogP contribution in [0, 0.1) is 0 Å². The van der Waals surface area contributed by atoms with E-state index in [1.807, 2.05) is 18.2 Å². The zero-order chi connectivity index (χ0) is 12.1. The molecule has 1 aromatic carbocycles. The molecule has 0 amide bonds. The molecule has 0 aliphatic carbocycles. The van der Waals surface area contributed by atoms with Crippen molar-refractivity contribution < 1.29 is 0 Å². The standard InChI is InChI=1S/C12H15N5/c1-2-9-5-3-4-6-10(9)15-11-7-8-14-12(16-11)17-13/h3-8H,2,13H2,1H3,(H2,14,15,16,17). The molecule has 0 radical (unpaired) electrons. The number of anilines is 3. The number of nitrogens with two attached hydrogens (primary N) is 1. The summed E-state index contributed by atoms with van der Waals surface area (Å²) in [6.45, 7) is 2.12. The lowest BCUT2D eigenvalue weighted by Gasteiger charge is -2.10. The van der Waals surface area contributed by atoms with Crippen LogP contribution in [0.5, 0.6) is 0 Å². The zero-order valence-electron chi connectivity index (χ0n) is 9.64. The maximum Gasteiger partial charge on any atom is 0.239 e. The molecule has 88 valence electrons. The molecule has 0 fully saturated rings. The number of hydrogen-bond donors (Lipinski definition) is 3. The summed E-state index contributed by atoms with van der Waals surface area (Å²) in [6.07, 6.45) is 2.62. The molecule has 0 unspecified atom stereocenters. The maximum absolute atomic E-state index is 5.27. The highest BCUT2D eigenvalue weighted by molar-refractivity contribution is 5.60. The molecule has 17 heavy (non-hydrogen) atoms. The second-order valence-corrected chi connectivity index (χ2v) is 3.55. The molecule has 0 atom stereocenters. The van der Waals surface area contributed by atoms with Crippen molar-refractivity contribution in [3.05, 3.63) is 42.1 Å². The predicted octanol–water partition coefficient (Wildman–Crippen LogP) is 2.07. The highest BCUT2D eigenvalue weighted by atomic mass is 15.3. The first kappa shape index (κ1) is 11.3. The predicted molar refractivity (Wildman–Crippen MR) is 68.9 cm³/mol. The maximum atomic E-state index is 5.27. The molecule has 5 heteroatoms. The summed E-state index contributed by atoms with van der Waals surface area (Å²) in [5, 5.41) is 3.25. The third kappa shape index (κ3) is 2.70. The van der Waals surface area contributed by atoms with E-state index >= 15 is 0 Å². The average Bonchev–Trinajstić information content (AvgIpc) is 2.39. The number of aryl methyl sites for hydroxylation is 1. The Labute approximate surface area is 100 Å². The van der Waals surface area contributed by atoms with Crippen LogP contribution in [0.2, 0.25) is 0 Å². The Morgan fingerprint density at radius 2 is 2.06 bits per heavy atom. The van der Waals surface area contributed by atoms with Crippen molar-refractivity contribution in [2.24, 2.45) is 5.84 Å². The minimum Gasteiger partial charge on any atom is -0.340 e. The molecule has 5 nitrogen and oxygen atoms in total. The fourth-order valence-corrected chi connectivity index (χ4v) is 1.59. The highest BCUT2D eigenvalue weighted by Gasteiger charge is 2.02. The first-order chi connectivity index (χ1) is 8.33. The molecule has 2 rings (SSSR count). The summed E-state index contributed by atoms with van der Waals surface area (Å²) in [5.74, 6) is 6.37. The Morgan fingerprint density at radius 1 is 1.24 bits per heavy atom. The van der Waals surface area contributed by atoms with Crippen molar-refractivity contribution in [2.45, 2.75) is 13.3 Å². The number of nitrogens with zero attached hydrogens (tertiary/aromatic N) is 2. The smallest absolute Gasteiger partial charge is 0.239 e. The quantitative estimate of drug-likeness (QED) is 0.552. The number of nitrogens with one attached hydrogen (secondary N) is 2. The van der Waals surface area contributed by atoms with Crippen molar-refractivity contribution in [1.29, 1.82) is 0 Å². The molecule has 2 aromatic rings. The summed E-state index contributed by atoms with van der Waals surface area (Å²) in [4.78, 5) is 8.16. The molecule has 1 aromatic heterocycles. The van der Waals surface area contributed by atoms with Crippen molar-refractivity contribution in [3.8, 4) is 0 Å². The molecule has 0 aliphatic heterocycles. The largest absolute Gasteiger partial charge is 0.340 e. The number of para-hydroxylation sites is 1. The van der Waals surface area contributed by atoms with Gasteiger partial charge in [-0.1, -0.05) is 25.1 Å². The van der Waals surface area contributed by atoms with Gasteiger partial charge in [0.05, 0.1) is 0 Å². The van der Waals surface area contributed by atoms with Crippen LogP contribution in [0.25, 0.3) is 0 Å². The van der Waals surface area contributed by atoms with E-state index in [0.717, 1.165) is 12.1 Å². The van der Waals surface area contributed by atoms with Crippen LogP contribution in [0.1, 0.15) is 12.5 Å². The van der Waals surface area contributed by atoms with Gasteiger partial charge in [-0.25, -0.2) is 10.8 Å². The van der Waals surface area contributed by atoms with Gasteiger partial charge in [-0.05, 0) is 24.1 Å². The van der Waals surface area contributed by atoms with Crippen LogP contribution >= 0.6 is 0 Å². The monoisotopic (exact) mass is 229 g/mol. The zero-order valence-corrected chi connectivity index (χ0v) is 9.64. The summed E-state index contributed by atoms with van der Waals surface area (Å²) in [6, 6.07) is 9.93. The molecule has 0 spiro atoms. The summed E-state index contributed by atoms with van der Waals surface area (Å²) >= 11 is 0. The van der Waals surface area contributed by atoms with E-state index in [4.69, 9.17) is 5.84 Å². The molecular weight excluding hydrogens is 214 g/mol. The second kappa shape index (κ2) is 5.27. The normalized spacial score (nSPS) is 10.0. The van der Waals surface area contributed by atoms with Gasteiger partial charge in [0, 0.05) is 11.9 Å². The van der Waals surface area contributed by atoms with Gasteiger partial charge in [0.2, 0.25) is 5.95 Å². The fourth-order valence-electron chi connectivity index (χ4n) is 1.59. The average molecular weight is 229 g/mol. The molecule has 1 heterocycles. The van der Waals surface area contributed by atoms with E-state index < -0.39 is 0 Å². The SMILES string of the molecule is CCc1ccccc1Nc1ccnc(NN)n1. The van der Waals surface area contributed by atoms with E-state index in [2.05, 4.69) is 33.7 Å². The fraction of sp³-hybridized carbons (Fsp3) is 0.167. The minimum atomic E-state index is 0.393. The van der Waals surface area contributed by atoms with Gasteiger partial charge in [0.1, 0.15) is 5.82 Å². The van der Waals surface area contributed by atoms with Gasteiger partial charge < -0.3 is 5.32 Å². The lowest BCUT2D eigenvalue weighted by molar-refractivity contribution is 1.11. The Bertz CT molecular complexity index is 498. The second-order valence-electron chi connectivity index (χ2n) is 3.55. The third-order valence-electron chi connectivity index (χ3n) is 2.45. The molecule has 0 bridgehead atoms. The molecular formula is C12H15N5. The van der Waals surface area contributed by atoms with Gasteiger partial charge in [-0.2, -0.15) is 4.98 Å². The lowest BCUT2D eigenvalue weighted by atomic mass is 10.1. The Kier molecular flexibility index (Phi) is 3.52. The van der Waals surface area contributed by atoms with E-state index in [-0.39, 0.29) is 0 Å². The first-order valence-electron chi connectivity index (χ1n) is 5.48. The van der Waals surface area contributed by atoms with Crippen molar-refractivity contribution in [1.82, 2.24) is 9.97 Å². The summed E-state index contributed by atoms with van der Waals surface area (Å²) in [5.41, 5.74) is 4.72. The van der Waals surface area contributed by atoms with Crippen LogP contribution in [-0.4, -0.2) is 9.97 Å². The third-order valence-corrected chi connectivity index (χ3v) is 2.45. The number of aromatic nitrogens is 2. The van der Waals surface area contributed by atoms with Crippen LogP contribution in [-0.2, 0) is 6.42 Å². The first-order valence-corrected chi connectivity index (χ1v) is 5.48. The number of benzene rings is 1. The number of nitrogen functional groups attached to an aromatic ring is 1. The molecule has 0 saturated carbocycles. The Balaban J connectivity index is 2.24. The van der Waals surface area contributed by atoms with Crippen LogP contribution < -0.4 is 16.6 Å². The molecule has 4 N–H and O–H groups in total. The number of rotatable bonds is 4. The van der Waals surface area contributed by atoms with Gasteiger partial charge in [0.15, 0.2) is 0 Å². The number of hydrazine groups is 1. The summed E-state index contributed by atoms with van der Waals surface area (Å²) < 4.78 is 0. The van der Waals surface area contributed by atoms with Crippen molar-refractivity contribution in [2.75, 3.05) is 10.7 Å².